The normalized spacial score (nSPS) is 24.3. The van der Waals surface area contributed by atoms with Crippen LogP contribution in [0.1, 0.15) is 102 Å². The highest BCUT2D eigenvalue weighted by atomic mass is 28.3. The molecule has 2 fully saturated rings. The van der Waals surface area contributed by atoms with Gasteiger partial charge in [0.2, 0.25) is 0 Å². The van der Waals surface area contributed by atoms with Crippen LogP contribution in [0.2, 0.25) is 5.54 Å². The third-order valence-corrected chi connectivity index (χ3v) is 17.2. The van der Waals surface area contributed by atoms with Crippen molar-refractivity contribution < 1.29 is 0 Å². The van der Waals surface area contributed by atoms with E-state index in [1.165, 1.54) is 100 Å². The SMILES string of the molecule is CCCCc1ccc([Si](c2ccc(CCCC)cc2)(c2ccc(CCCC)cc2)C2C3C=CC=CC3C3CCCCC32)cc1. The fourth-order valence-electron chi connectivity index (χ4n) is 9.46. The number of hydrogen-bond donors (Lipinski definition) is 0. The van der Waals surface area contributed by atoms with Crippen LogP contribution in [-0.2, 0) is 19.3 Å². The summed E-state index contributed by atoms with van der Waals surface area (Å²) in [5, 5.41) is 4.91. The number of hydrogen-bond acceptors (Lipinski definition) is 0. The zero-order valence-electron chi connectivity index (χ0n) is 27.8. The molecule has 0 amide bonds. The van der Waals surface area contributed by atoms with Gasteiger partial charge >= 0.3 is 0 Å². The van der Waals surface area contributed by atoms with Crippen molar-refractivity contribution in [2.24, 2.45) is 23.7 Å². The summed E-state index contributed by atoms with van der Waals surface area (Å²) in [6.07, 6.45) is 26.8. The Labute approximate surface area is 270 Å². The maximum absolute atomic E-state index is 2.65. The molecule has 0 saturated heterocycles. The van der Waals surface area contributed by atoms with Gasteiger partial charge in [0.25, 0.3) is 0 Å². The second-order valence-electron chi connectivity index (χ2n) is 14.3. The van der Waals surface area contributed by atoms with Gasteiger partial charge in [0, 0.05) is 0 Å². The third-order valence-electron chi connectivity index (χ3n) is 11.7. The Balaban J connectivity index is 1.57. The lowest BCUT2D eigenvalue weighted by molar-refractivity contribution is 0.247. The van der Waals surface area contributed by atoms with Gasteiger partial charge in [-0.1, -0.05) is 156 Å². The molecular formula is C43H56Si. The minimum absolute atomic E-state index is 0.624. The summed E-state index contributed by atoms with van der Waals surface area (Å²) in [7, 11) is -2.45. The Bertz CT molecular complexity index is 1250. The highest BCUT2D eigenvalue weighted by molar-refractivity contribution is 7.12. The standard InChI is InChI=1S/C43H56Si/c1-4-7-14-33-21-27-36(28-22-33)44(37-29-23-34(24-30-37)15-8-5-2,38-31-25-35(26-32-38)16-9-6-3)43-41-19-12-10-17-39(41)40-18-11-13-20-42(40)43/h10,12,17,19,21-32,39-43H,4-9,11,13-16,18,20H2,1-3H3. The lowest BCUT2D eigenvalue weighted by Gasteiger charge is -2.45. The molecule has 2 saturated carbocycles. The largest absolute Gasteiger partial charge is 0.152 e. The van der Waals surface area contributed by atoms with Crippen molar-refractivity contribution >= 4 is 23.6 Å². The van der Waals surface area contributed by atoms with E-state index in [0.29, 0.717) is 17.4 Å². The molecule has 3 aromatic carbocycles. The van der Waals surface area contributed by atoms with Gasteiger partial charge in [-0.3, -0.25) is 0 Å². The van der Waals surface area contributed by atoms with Gasteiger partial charge in [-0.05, 0) is 106 Å². The second kappa shape index (κ2) is 14.6. The van der Waals surface area contributed by atoms with Gasteiger partial charge in [0.15, 0.2) is 8.07 Å². The molecule has 5 atom stereocenters. The van der Waals surface area contributed by atoms with Crippen LogP contribution in [0, 0.1) is 23.7 Å². The highest BCUT2D eigenvalue weighted by Gasteiger charge is 2.60. The van der Waals surface area contributed by atoms with E-state index in [1.54, 1.807) is 15.6 Å². The third kappa shape index (κ3) is 6.11. The number of fused-ring (bicyclic) bond motifs is 3. The smallest absolute Gasteiger partial charge is 0.0808 e. The van der Waals surface area contributed by atoms with Crippen LogP contribution in [0.15, 0.2) is 97.1 Å². The summed E-state index contributed by atoms with van der Waals surface area (Å²) in [4.78, 5) is 0. The Kier molecular flexibility index (Phi) is 10.4. The molecule has 3 aliphatic rings. The van der Waals surface area contributed by atoms with Crippen molar-refractivity contribution in [3.05, 3.63) is 114 Å². The highest BCUT2D eigenvalue weighted by Crippen LogP contribution is 2.60. The maximum atomic E-state index is 2.65. The van der Waals surface area contributed by atoms with Crippen LogP contribution >= 0.6 is 0 Å². The Morgan fingerprint density at radius 1 is 0.500 bits per heavy atom. The first-order valence-electron chi connectivity index (χ1n) is 18.3. The molecule has 5 unspecified atom stereocenters. The zero-order chi connectivity index (χ0) is 30.4. The van der Waals surface area contributed by atoms with Crippen LogP contribution in [0.4, 0.5) is 0 Å². The van der Waals surface area contributed by atoms with Crippen LogP contribution in [0.3, 0.4) is 0 Å². The Hall–Kier alpha value is -2.64. The van der Waals surface area contributed by atoms with Gasteiger partial charge in [-0.2, -0.15) is 0 Å². The number of rotatable bonds is 13. The molecule has 44 heavy (non-hydrogen) atoms. The van der Waals surface area contributed by atoms with E-state index in [2.05, 4.69) is 118 Å². The molecule has 0 bridgehead atoms. The van der Waals surface area contributed by atoms with E-state index in [0.717, 1.165) is 11.8 Å². The van der Waals surface area contributed by atoms with Gasteiger partial charge < -0.3 is 0 Å². The molecule has 0 nitrogen and oxygen atoms in total. The molecule has 6 rings (SSSR count). The molecule has 0 spiro atoms. The van der Waals surface area contributed by atoms with Crippen molar-refractivity contribution in [2.45, 2.75) is 110 Å². The zero-order valence-corrected chi connectivity index (χ0v) is 28.8. The van der Waals surface area contributed by atoms with Crippen LogP contribution in [0.25, 0.3) is 0 Å². The molecule has 0 aliphatic heterocycles. The average Bonchev–Trinajstić information content (AvgIpc) is 3.42. The van der Waals surface area contributed by atoms with Crippen molar-refractivity contribution in [1.29, 1.82) is 0 Å². The van der Waals surface area contributed by atoms with E-state index in [9.17, 15) is 0 Å². The van der Waals surface area contributed by atoms with Crippen molar-refractivity contribution in [1.82, 2.24) is 0 Å². The van der Waals surface area contributed by atoms with E-state index in [-0.39, 0.29) is 0 Å². The number of aryl methyl sites for hydroxylation is 3. The summed E-state index contributed by atoms with van der Waals surface area (Å²) in [5.41, 5.74) is 5.18. The van der Waals surface area contributed by atoms with Gasteiger partial charge in [-0.25, -0.2) is 0 Å². The van der Waals surface area contributed by atoms with Crippen LogP contribution in [-0.4, -0.2) is 8.07 Å². The molecule has 1 heteroatoms. The molecule has 0 radical (unpaired) electrons. The van der Waals surface area contributed by atoms with E-state index in [1.807, 2.05) is 0 Å². The first-order chi connectivity index (χ1) is 21.7. The quantitative estimate of drug-likeness (QED) is 0.135. The number of unbranched alkanes of at least 4 members (excludes halogenated alkanes) is 3. The Morgan fingerprint density at radius 3 is 1.30 bits per heavy atom. The van der Waals surface area contributed by atoms with Gasteiger partial charge in [0.1, 0.15) is 0 Å². The van der Waals surface area contributed by atoms with Crippen molar-refractivity contribution in [2.75, 3.05) is 0 Å². The van der Waals surface area contributed by atoms with Crippen molar-refractivity contribution in [3.8, 4) is 0 Å². The summed E-state index contributed by atoms with van der Waals surface area (Å²) >= 11 is 0. The predicted octanol–water partition coefficient (Wildman–Crippen LogP) is 9.73. The van der Waals surface area contributed by atoms with Gasteiger partial charge in [0.05, 0.1) is 0 Å². The molecule has 3 aliphatic carbocycles. The van der Waals surface area contributed by atoms with Gasteiger partial charge in [-0.15, -0.1) is 0 Å². The lowest BCUT2D eigenvalue weighted by atomic mass is 9.77. The molecule has 0 N–H and O–H groups in total. The Morgan fingerprint density at radius 2 is 0.886 bits per heavy atom. The first-order valence-corrected chi connectivity index (χ1v) is 20.4. The second-order valence-corrected chi connectivity index (χ2v) is 18.3. The summed E-state index contributed by atoms with van der Waals surface area (Å²) < 4.78 is 0. The summed E-state index contributed by atoms with van der Waals surface area (Å²) in [6.45, 7) is 6.93. The molecule has 0 heterocycles. The lowest BCUT2D eigenvalue weighted by Crippen LogP contribution is -2.71. The molecule has 232 valence electrons. The minimum atomic E-state index is -2.45. The van der Waals surface area contributed by atoms with E-state index in [4.69, 9.17) is 0 Å². The molecule has 3 aromatic rings. The maximum Gasteiger partial charge on any atom is 0.152 e. The summed E-state index contributed by atoms with van der Waals surface area (Å²) in [6, 6.07) is 30.6. The topological polar surface area (TPSA) is 0 Å². The average molecular weight is 601 g/mol. The monoisotopic (exact) mass is 600 g/mol. The van der Waals surface area contributed by atoms with E-state index >= 15 is 0 Å². The first kappa shape index (κ1) is 31.3. The van der Waals surface area contributed by atoms with E-state index < -0.39 is 8.07 Å². The fourth-order valence-corrected chi connectivity index (χ4v) is 15.7. The minimum Gasteiger partial charge on any atom is -0.0808 e. The van der Waals surface area contributed by atoms with Crippen LogP contribution in [0.5, 0.6) is 0 Å². The molecule has 0 aromatic heterocycles. The predicted molar refractivity (Wildman–Crippen MR) is 194 cm³/mol. The summed E-state index contributed by atoms with van der Waals surface area (Å²) in [5.74, 6) is 2.93. The van der Waals surface area contributed by atoms with Crippen LogP contribution < -0.4 is 15.6 Å². The fraction of sp³-hybridized carbons (Fsp3) is 0.488. The van der Waals surface area contributed by atoms with Crippen molar-refractivity contribution in [3.63, 3.8) is 0 Å². The molecular weight excluding hydrogens is 545 g/mol. The number of allylic oxidation sites excluding steroid dienone is 4. The number of benzene rings is 3.